The fourth-order valence-corrected chi connectivity index (χ4v) is 3.40. The van der Waals surface area contributed by atoms with Crippen molar-refractivity contribution in [2.75, 3.05) is 5.32 Å². The number of alkyl carbamates (subject to hydrolysis) is 1. The molecule has 6 nitrogen and oxygen atoms in total. The number of hydrogen-bond acceptors (Lipinski definition) is 5. The van der Waals surface area contributed by atoms with Crippen LogP contribution in [0.25, 0.3) is 10.9 Å². The Morgan fingerprint density at radius 3 is 2.62 bits per heavy atom. The highest BCUT2D eigenvalue weighted by molar-refractivity contribution is 5.89. The molecule has 26 heavy (non-hydrogen) atoms. The molecule has 1 heterocycles. The Bertz CT molecular complexity index is 785. The second kappa shape index (κ2) is 7.48. The van der Waals surface area contributed by atoms with Crippen molar-refractivity contribution in [3.05, 3.63) is 30.1 Å². The van der Waals surface area contributed by atoms with Gasteiger partial charge in [0.05, 0.1) is 11.6 Å². The first-order valence-electron chi connectivity index (χ1n) is 9.29. The van der Waals surface area contributed by atoms with Crippen LogP contribution >= 0.6 is 0 Å². The van der Waals surface area contributed by atoms with Crippen molar-refractivity contribution in [1.82, 2.24) is 15.3 Å². The lowest BCUT2D eigenvalue weighted by Gasteiger charge is -2.34. The zero-order valence-corrected chi connectivity index (χ0v) is 16.0. The van der Waals surface area contributed by atoms with Gasteiger partial charge in [-0.25, -0.2) is 14.8 Å². The summed E-state index contributed by atoms with van der Waals surface area (Å²) in [6.45, 7) is 7.68. The molecule has 1 aromatic carbocycles. The van der Waals surface area contributed by atoms with E-state index in [-0.39, 0.29) is 18.2 Å². The van der Waals surface area contributed by atoms with Crippen LogP contribution in [0, 0.1) is 6.92 Å². The van der Waals surface area contributed by atoms with Gasteiger partial charge in [0.15, 0.2) is 0 Å². The number of fused-ring (bicyclic) bond motifs is 1. The van der Waals surface area contributed by atoms with Crippen molar-refractivity contribution in [3.8, 4) is 0 Å². The highest BCUT2D eigenvalue weighted by atomic mass is 16.6. The third-order valence-corrected chi connectivity index (χ3v) is 4.58. The van der Waals surface area contributed by atoms with Crippen LogP contribution in [-0.4, -0.2) is 33.7 Å². The minimum Gasteiger partial charge on any atom is -0.444 e. The van der Waals surface area contributed by atoms with Crippen molar-refractivity contribution in [3.63, 3.8) is 0 Å². The molecule has 140 valence electrons. The predicted octanol–water partition coefficient (Wildman–Crippen LogP) is 4.19. The molecule has 0 unspecified atom stereocenters. The molecular formula is C20H28N4O2. The van der Waals surface area contributed by atoms with E-state index in [0.29, 0.717) is 0 Å². The average Bonchev–Trinajstić information content (AvgIpc) is 2.55. The van der Waals surface area contributed by atoms with Crippen molar-refractivity contribution >= 4 is 22.8 Å². The number of hydrogen-bond donors (Lipinski definition) is 2. The van der Waals surface area contributed by atoms with Gasteiger partial charge in [0.25, 0.3) is 0 Å². The molecular weight excluding hydrogens is 328 g/mol. The maximum Gasteiger partial charge on any atom is 0.407 e. The van der Waals surface area contributed by atoms with Crippen LogP contribution < -0.4 is 10.6 Å². The lowest BCUT2D eigenvalue weighted by atomic mass is 9.90. The molecule has 2 aromatic rings. The number of nitrogens with one attached hydrogen (secondary N) is 2. The molecule has 0 bridgehead atoms. The number of benzene rings is 1. The molecule has 1 aromatic heterocycles. The van der Waals surface area contributed by atoms with Gasteiger partial charge in [-0.15, -0.1) is 0 Å². The first-order valence-corrected chi connectivity index (χ1v) is 9.29. The summed E-state index contributed by atoms with van der Waals surface area (Å²) in [5, 5.41) is 7.59. The molecule has 0 saturated heterocycles. The fraction of sp³-hybridized carbons (Fsp3) is 0.550. The van der Waals surface area contributed by atoms with Crippen molar-refractivity contribution in [1.29, 1.82) is 0 Å². The molecule has 6 heteroatoms. The van der Waals surface area contributed by atoms with Crippen molar-refractivity contribution < 1.29 is 9.53 Å². The largest absolute Gasteiger partial charge is 0.444 e. The molecule has 0 spiro atoms. The summed E-state index contributed by atoms with van der Waals surface area (Å²) in [4.78, 5) is 21.0. The molecule has 3 rings (SSSR count). The summed E-state index contributed by atoms with van der Waals surface area (Å²) in [7, 11) is 0. The monoisotopic (exact) mass is 356 g/mol. The summed E-state index contributed by atoms with van der Waals surface area (Å²) in [5.74, 6) is 0.821. The van der Waals surface area contributed by atoms with Crippen molar-refractivity contribution in [2.45, 2.75) is 71.1 Å². The Kier molecular flexibility index (Phi) is 5.30. The molecule has 1 saturated carbocycles. The van der Waals surface area contributed by atoms with Crippen LogP contribution in [-0.2, 0) is 4.74 Å². The average molecular weight is 356 g/mol. The Balaban J connectivity index is 1.77. The van der Waals surface area contributed by atoms with E-state index in [1.165, 1.54) is 5.56 Å². The SMILES string of the molecule is Cc1ccc2ncnc(N[C@H]3CCCC[C@H]3NC(=O)OC(C)(C)C)c2c1. The van der Waals surface area contributed by atoms with E-state index < -0.39 is 5.60 Å². The normalized spacial score (nSPS) is 20.6. The van der Waals surface area contributed by atoms with Gasteiger partial charge in [0, 0.05) is 11.4 Å². The molecule has 1 fully saturated rings. The molecule has 2 atom stereocenters. The number of ether oxygens (including phenoxy) is 1. The Labute approximate surface area is 154 Å². The Morgan fingerprint density at radius 1 is 1.15 bits per heavy atom. The quantitative estimate of drug-likeness (QED) is 0.862. The zero-order chi connectivity index (χ0) is 18.7. The van der Waals surface area contributed by atoms with Crippen LogP contribution in [0.4, 0.5) is 10.6 Å². The topological polar surface area (TPSA) is 76.1 Å². The second-order valence-electron chi connectivity index (χ2n) is 8.03. The first-order chi connectivity index (χ1) is 12.3. The molecule has 1 amide bonds. The van der Waals surface area contributed by atoms with Gasteiger partial charge in [-0.2, -0.15) is 0 Å². The van der Waals surface area contributed by atoms with Gasteiger partial charge < -0.3 is 15.4 Å². The van der Waals surface area contributed by atoms with E-state index in [1.54, 1.807) is 6.33 Å². The number of carbonyl (C=O) groups is 1. The summed E-state index contributed by atoms with van der Waals surface area (Å²) in [6, 6.07) is 6.29. The van der Waals surface area contributed by atoms with Crippen LogP contribution in [0.3, 0.4) is 0 Å². The lowest BCUT2D eigenvalue weighted by Crippen LogP contribution is -2.49. The van der Waals surface area contributed by atoms with E-state index in [9.17, 15) is 4.79 Å². The lowest BCUT2D eigenvalue weighted by molar-refractivity contribution is 0.0488. The fourth-order valence-electron chi connectivity index (χ4n) is 3.40. The minimum atomic E-state index is -0.498. The van der Waals surface area contributed by atoms with E-state index in [0.717, 1.165) is 42.4 Å². The van der Waals surface area contributed by atoms with Gasteiger partial charge >= 0.3 is 6.09 Å². The third-order valence-electron chi connectivity index (χ3n) is 4.58. The number of amides is 1. The highest BCUT2D eigenvalue weighted by Crippen LogP contribution is 2.26. The van der Waals surface area contributed by atoms with E-state index in [2.05, 4.69) is 33.6 Å². The summed E-state index contributed by atoms with van der Waals surface area (Å²) >= 11 is 0. The second-order valence-corrected chi connectivity index (χ2v) is 8.03. The molecule has 1 aliphatic rings. The summed E-state index contributed by atoms with van der Waals surface area (Å²) in [6.07, 6.45) is 5.37. The maximum absolute atomic E-state index is 12.2. The Morgan fingerprint density at radius 2 is 1.88 bits per heavy atom. The predicted molar refractivity (Wildman–Crippen MR) is 103 cm³/mol. The minimum absolute atomic E-state index is 0.0217. The molecule has 0 aliphatic heterocycles. The zero-order valence-electron chi connectivity index (χ0n) is 16.0. The number of aromatic nitrogens is 2. The standard InChI is InChI=1S/C20H28N4O2/c1-13-9-10-15-14(11-13)18(22-12-21-15)23-16-7-5-6-8-17(16)24-19(25)26-20(2,3)4/h9-12,16-17H,5-8H2,1-4H3,(H,24,25)(H,21,22,23)/t16-,17+/m0/s1. The molecule has 1 aliphatic carbocycles. The Hall–Kier alpha value is -2.37. The van der Waals surface area contributed by atoms with Gasteiger partial charge in [0.2, 0.25) is 0 Å². The smallest absolute Gasteiger partial charge is 0.407 e. The first kappa shape index (κ1) is 18.4. The van der Waals surface area contributed by atoms with Crippen LogP contribution in [0.2, 0.25) is 0 Å². The van der Waals surface area contributed by atoms with E-state index >= 15 is 0 Å². The maximum atomic E-state index is 12.2. The van der Waals surface area contributed by atoms with E-state index in [4.69, 9.17) is 4.74 Å². The third kappa shape index (κ3) is 4.62. The van der Waals surface area contributed by atoms with Crippen LogP contribution in [0.15, 0.2) is 24.5 Å². The summed E-state index contributed by atoms with van der Waals surface area (Å²) < 4.78 is 5.42. The van der Waals surface area contributed by atoms with Crippen molar-refractivity contribution in [2.24, 2.45) is 0 Å². The van der Waals surface area contributed by atoms with Crippen LogP contribution in [0.1, 0.15) is 52.0 Å². The molecule has 0 radical (unpaired) electrons. The number of carbonyl (C=O) groups excluding carboxylic acids is 1. The van der Waals surface area contributed by atoms with Gasteiger partial charge in [-0.05, 0) is 52.7 Å². The van der Waals surface area contributed by atoms with Crippen LogP contribution in [0.5, 0.6) is 0 Å². The number of anilines is 1. The number of nitrogens with zero attached hydrogens (tertiary/aromatic N) is 2. The highest BCUT2D eigenvalue weighted by Gasteiger charge is 2.29. The number of aryl methyl sites for hydroxylation is 1. The molecule has 2 N–H and O–H groups in total. The van der Waals surface area contributed by atoms with Gasteiger partial charge in [0.1, 0.15) is 17.7 Å². The summed E-state index contributed by atoms with van der Waals surface area (Å²) in [5.41, 5.74) is 1.59. The van der Waals surface area contributed by atoms with Gasteiger partial charge in [-0.1, -0.05) is 24.5 Å². The number of rotatable bonds is 3. The van der Waals surface area contributed by atoms with Gasteiger partial charge in [-0.3, -0.25) is 0 Å². The van der Waals surface area contributed by atoms with E-state index in [1.807, 2.05) is 32.9 Å².